The molecule has 0 saturated carbocycles. The van der Waals surface area contributed by atoms with Gasteiger partial charge in [-0.3, -0.25) is 14.4 Å². The quantitative estimate of drug-likeness (QED) is 0.140. The van der Waals surface area contributed by atoms with Gasteiger partial charge in [0.15, 0.2) is 5.78 Å². The molecule has 4 aromatic rings. The van der Waals surface area contributed by atoms with Gasteiger partial charge in [0, 0.05) is 21.4 Å². The van der Waals surface area contributed by atoms with E-state index in [1.807, 2.05) is 55.5 Å². The molecule has 46 heavy (non-hydrogen) atoms. The third kappa shape index (κ3) is 7.32. The molecule has 0 bridgehead atoms. The third-order valence-electron chi connectivity index (χ3n) is 7.70. The predicted molar refractivity (Wildman–Crippen MR) is 180 cm³/mol. The summed E-state index contributed by atoms with van der Waals surface area (Å²) in [5.41, 5.74) is 4.90. The van der Waals surface area contributed by atoms with Crippen LogP contribution in [0.25, 0.3) is 11.1 Å². The Labute approximate surface area is 277 Å². The van der Waals surface area contributed by atoms with E-state index in [0.29, 0.717) is 26.7 Å². The highest BCUT2D eigenvalue weighted by Gasteiger charge is 2.32. The second-order valence-electron chi connectivity index (χ2n) is 12.1. The standard InChI is InChI=1S/C36H35ClN2O6S/c1-20-21(2)46-34(31(20)32(41)22-14-16-23(37)17-15-22)39-33(42)29(18-30(40)45-36(3,4)5)38-35(43)44-19-28-26-12-8-6-10-24(26)25-11-7-9-13-27(25)28/h6-17,28-29H,18-19H2,1-5H3,(H,38,43)(H,39,42)/t29-/m0/s1. The molecule has 0 saturated heterocycles. The summed E-state index contributed by atoms with van der Waals surface area (Å²) in [5.74, 6) is -1.84. The number of ketones is 1. The van der Waals surface area contributed by atoms with Gasteiger partial charge in [0.05, 0.1) is 12.0 Å². The Bertz CT molecular complexity index is 1760. The van der Waals surface area contributed by atoms with Crippen molar-refractivity contribution in [1.82, 2.24) is 5.32 Å². The number of benzene rings is 3. The second kappa shape index (κ2) is 13.5. The lowest BCUT2D eigenvalue weighted by Crippen LogP contribution is -2.46. The van der Waals surface area contributed by atoms with Crippen molar-refractivity contribution in [3.8, 4) is 11.1 Å². The normalized spacial score (nSPS) is 12.9. The van der Waals surface area contributed by atoms with Crippen molar-refractivity contribution in [2.75, 3.05) is 11.9 Å². The molecular weight excluding hydrogens is 624 g/mol. The fourth-order valence-electron chi connectivity index (χ4n) is 5.47. The topological polar surface area (TPSA) is 111 Å². The Morgan fingerprint density at radius 3 is 2.07 bits per heavy atom. The number of fused-ring (bicyclic) bond motifs is 3. The van der Waals surface area contributed by atoms with E-state index in [1.165, 1.54) is 11.3 Å². The summed E-state index contributed by atoms with van der Waals surface area (Å²) in [6.07, 6.45) is -1.31. The van der Waals surface area contributed by atoms with E-state index in [9.17, 15) is 19.2 Å². The van der Waals surface area contributed by atoms with Gasteiger partial charge in [-0.2, -0.15) is 0 Å². The number of esters is 1. The first-order valence-electron chi connectivity index (χ1n) is 14.9. The van der Waals surface area contributed by atoms with Crippen LogP contribution in [0.5, 0.6) is 0 Å². The van der Waals surface area contributed by atoms with Crippen LogP contribution >= 0.6 is 22.9 Å². The molecule has 1 aromatic heterocycles. The van der Waals surface area contributed by atoms with Crippen LogP contribution in [0.4, 0.5) is 9.80 Å². The lowest BCUT2D eigenvalue weighted by molar-refractivity contribution is -0.156. The number of halogens is 1. The van der Waals surface area contributed by atoms with Gasteiger partial charge in [-0.05, 0) is 86.7 Å². The Balaban J connectivity index is 1.34. The lowest BCUT2D eigenvalue weighted by Gasteiger charge is -2.23. The van der Waals surface area contributed by atoms with Crippen LogP contribution in [0.15, 0.2) is 72.8 Å². The van der Waals surface area contributed by atoms with Gasteiger partial charge in [0.2, 0.25) is 5.91 Å². The van der Waals surface area contributed by atoms with E-state index >= 15 is 0 Å². The zero-order chi connectivity index (χ0) is 33.2. The number of amides is 2. The highest BCUT2D eigenvalue weighted by molar-refractivity contribution is 7.16. The van der Waals surface area contributed by atoms with Crippen molar-refractivity contribution < 1.29 is 28.7 Å². The lowest BCUT2D eigenvalue weighted by atomic mass is 9.98. The van der Waals surface area contributed by atoms with Crippen molar-refractivity contribution in [3.63, 3.8) is 0 Å². The Hall–Kier alpha value is -4.47. The monoisotopic (exact) mass is 658 g/mol. The van der Waals surface area contributed by atoms with E-state index in [2.05, 4.69) is 10.6 Å². The zero-order valence-corrected chi connectivity index (χ0v) is 27.8. The molecule has 1 heterocycles. The van der Waals surface area contributed by atoms with Crippen molar-refractivity contribution >= 4 is 51.7 Å². The number of nitrogens with one attached hydrogen (secondary N) is 2. The smallest absolute Gasteiger partial charge is 0.407 e. The summed E-state index contributed by atoms with van der Waals surface area (Å²) in [4.78, 5) is 54.1. The minimum absolute atomic E-state index is 0.0314. The Morgan fingerprint density at radius 2 is 1.48 bits per heavy atom. The third-order valence-corrected chi connectivity index (χ3v) is 9.07. The van der Waals surface area contributed by atoms with Crippen LogP contribution in [0, 0.1) is 13.8 Å². The Kier molecular flexibility index (Phi) is 9.65. The van der Waals surface area contributed by atoms with Crippen LogP contribution < -0.4 is 10.6 Å². The summed E-state index contributed by atoms with van der Waals surface area (Å²) in [6.45, 7) is 8.82. The van der Waals surface area contributed by atoms with Gasteiger partial charge in [0.25, 0.3) is 0 Å². The number of anilines is 1. The maximum Gasteiger partial charge on any atom is 0.407 e. The summed E-state index contributed by atoms with van der Waals surface area (Å²) in [5, 5.41) is 6.15. The molecule has 5 rings (SSSR count). The predicted octanol–water partition coefficient (Wildman–Crippen LogP) is 7.83. The van der Waals surface area contributed by atoms with E-state index in [4.69, 9.17) is 21.1 Å². The van der Waals surface area contributed by atoms with Crippen LogP contribution in [-0.4, -0.2) is 42.0 Å². The van der Waals surface area contributed by atoms with Gasteiger partial charge in [-0.1, -0.05) is 60.1 Å². The summed E-state index contributed by atoms with van der Waals surface area (Å²) >= 11 is 7.25. The maximum atomic E-state index is 13.7. The molecule has 238 valence electrons. The molecule has 0 spiro atoms. The molecule has 1 aliphatic rings. The van der Waals surface area contributed by atoms with Gasteiger partial charge in [-0.15, -0.1) is 11.3 Å². The summed E-state index contributed by atoms with van der Waals surface area (Å²) in [7, 11) is 0. The molecule has 3 aromatic carbocycles. The number of carbonyl (C=O) groups is 4. The molecule has 2 amide bonds. The second-order valence-corrected chi connectivity index (χ2v) is 13.8. The molecule has 0 fully saturated rings. The van der Waals surface area contributed by atoms with Crippen LogP contribution in [-0.2, 0) is 19.1 Å². The largest absolute Gasteiger partial charge is 0.460 e. The van der Waals surface area contributed by atoms with E-state index in [1.54, 1.807) is 52.0 Å². The van der Waals surface area contributed by atoms with Crippen molar-refractivity contribution in [1.29, 1.82) is 0 Å². The van der Waals surface area contributed by atoms with Crippen LogP contribution in [0.1, 0.15) is 70.6 Å². The average Bonchev–Trinajstić information content (AvgIpc) is 3.47. The van der Waals surface area contributed by atoms with E-state index in [-0.39, 0.29) is 18.3 Å². The van der Waals surface area contributed by atoms with Gasteiger partial charge >= 0.3 is 12.1 Å². The highest BCUT2D eigenvalue weighted by atomic mass is 35.5. The maximum absolute atomic E-state index is 13.7. The number of alkyl carbamates (subject to hydrolysis) is 1. The van der Waals surface area contributed by atoms with Crippen molar-refractivity contribution in [3.05, 3.63) is 111 Å². The zero-order valence-electron chi connectivity index (χ0n) is 26.2. The van der Waals surface area contributed by atoms with Crippen molar-refractivity contribution in [2.24, 2.45) is 0 Å². The number of thiophene rings is 1. The highest BCUT2D eigenvalue weighted by Crippen LogP contribution is 2.44. The molecule has 1 atom stereocenters. The van der Waals surface area contributed by atoms with Crippen LogP contribution in [0.2, 0.25) is 5.02 Å². The van der Waals surface area contributed by atoms with E-state index < -0.39 is 36.0 Å². The first-order valence-corrected chi connectivity index (χ1v) is 16.1. The SMILES string of the molecule is Cc1sc(NC(=O)[C@H](CC(=O)OC(C)(C)C)NC(=O)OCC2c3ccccc3-c3ccccc32)c(C(=O)c2ccc(Cl)cc2)c1C. The summed E-state index contributed by atoms with van der Waals surface area (Å²) < 4.78 is 11.1. The van der Waals surface area contributed by atoms with E-state index in [0.717, 1.165) is 27.1 Å². The fourth-order valence-corrected chi connectivity index (χ4v) is 6.66. The number of aryl methyl sites for hydroxylation is 1. The molecule has 2 N–H and O–H groups in total. The molecular formula is C36H35ClN2O6S. The first-order chi connectivity index (χ1) is 21.8. The van der Waals surface area contributed by atoms with Gasteiger partial charge in [0.1, 0.15) is 23.3 Å². The first kappa shape index (κ1) is 32.9. The average molecular weight is 659 g/mol. The Morgan fingerprint density at radius 1 is 0.891 bits per heavy atom. The molecule has 0 aliphatic heterocycles. The van der Waals surface area contributed by atoms with Crippen molar-refractivity contribution in [2.45, 2.75) is 58.6 Å². The molecule has 0 radical (unpaired) electrons. The number of ether oxygens (including phenoxy) is 2. The summed E-state index contributed by atoms with van der Waals surface area (Å²) in [6, 6.07) is 21.1. The molecule has 1 aliphatic carbocycles. The van der Waals surface area contributed by atoms with Gasteiger partial charge < -0.3 is 20.1 Å². The molecule has 10 heteroatoms. The minimum atomic E-state index is -1.34. The number of carbonyl (C=O) groups excluding carboxylic acids is 4. The number of hydrogen-bond donors (Lipinski definition) is 2. The van der Waals surface area contributed by atoms with Crippen LogP contribution in [0.3, 0.4) is 0 Å². The van der Waals surface area contributed by atoms with Gasteiger partial charge in [-0.25, -0.2) is 4.79 Å². The number of rotatable bonds is 9. The fraction of sp³-hybridized carbons (Fsp3) is 0.278. The molecule has 8 nitrogen and oxygen atoms in total. The molecule has 0 unspecified atom stereocenters. The minimum Gasteiger partial charge on any atom is -0.460 e. The number of hydrogen-bond acceptors (Lipinski definition) is 7.